The SMILES string of the molecule is C[C@@H](OC(=O)c1ccccc1)C(=O)Nc1ccc(Br)cc1. The van der Waals surface area contributed by atoms with Crippen LogP contribution in [0.3, 0.4) is 0 Å². The van der Waals surface area contributed by atoms with Gasteiger partial charge < -0.3 is 10.1 Å². The number of hydrogen-bond acceptors (Lipinski definition) is 3. The van der Waals surface area contributed by atoms with Crippen LogP contribution in [0.15, 0.2) is 59.1 Å². The second-order valence-corrected chi connectivity index (χ2v) is 5.33. The van der Waals surface area contributed by atoms with Crippen LogP contribution in [0, 0.1) is 0 Å². The molecule has 2 aromatic rings. The number of halogens is 1. The second kappa shape index (κ2) is 7.04. The van der Waals surface area contributed by atoms with Gasteiger partial charge in [0, 0.05) is 10.2 Å². The molecular weight excluding hydrogens is 334 g/mol. The van der Waals surface area contributed by atoms with E-state index in [2.05, 4.69) is 21.2 Å². The van der Waals surface area contributed by atoms with Crippen molar-refractivity contribution in [1.82, 2.24) is 0 Å². The highest BCUT2D eigenvalue weighted by molar-refractivity contribution is 9.10. The van der Waals surface area contributed by atoms with Crippen molar-refractivity contribution in [3.05, 3.63) is 64.6 Å². The minimum absolute atomic E-state index is 0.374. The minimum atomic E-state index is -0.874. The Morgan fingerprint density at radius 3 is 2.29 bits per heavy atom. The Bertz CT molecular complexity index is 626. The van der Waals surface area contributed by atoms with Gasteiger partial charge in [0.1, 0.15) is 0 Å². The fourth-order valence-electron chi connectivity index (χ4n) is 1.63. The molecule has 0 bridgehead atoms. The summed E-state index contributed by atoms with van der Waals surface area (Å²) in [6.45, 7) is 1.54. The van der Waals surface area contributed by atoms with Gasteiger partial charge in [-0.2, -0.15) is 0 Å². The zero-order valence-corrected chi connectivity index (χ0v) is 13.0. The average molecular weight is 348 g/mol. The molecule has 4 nitrogen and oxygen atoms in total. The largest absolute Gasteiger partial charge is 0.449 e. The van der Waals surface area contributed by atoms with Crippen LogP contribution in [-0.4, -0.2) is 18.0 Å². The van der Waals surface area contributed by atoms with E-state index in [4.69, 9.17) is 4.74 Å². The highest BCUT2D eigenvalue weighted by Crippen LogP contribution is 2.14. The lowest BCUT2D eigenvalue weighted by Crippen LogP contribution is -2.29. The van der Waals surface area contributed by atoms with Gasteiger partial charge in [-0.1, -0.05) is 34.1 Å². The van der Waals surface area contributed by atoms with Crippen molar-refractivity contribution >= 4 is 33.5 Å². The summed E-state index contributed by atoms with van der Waals surface area (Å²) in [6.07, 6.45) is -0.874. The lowest BCUT2D eigenvalue weighted by Gasteiger charge is -2.13. The molecule has 2 rings (SSSR count). The van der Waals surface area contributed by atoms with E-state index >= 15 is 0 Å². The van der Waals surface area contributed by atoms with E-state index in [1.807, 2.05) is 12.1 Å². The van der Waals surface area contributed by atoms with Crippen molar-refractivity contribution < 1.29 is 14.3 Å². The van der Waals surface area contributed by atoms with Gasteiger partial charge in [-0.15, -0.1) is 0 Å². The van der Waals surface area contributed by atoms with Gasteiger partial charge in [0.2, 0.25) is 0 Å². The van der Waals surface area contributed by atoms with Gasteiger partial charge in [-0.05, 0) is 43.3 Å². The second-order valence-electron chi connectivity index (χ2n) is 4.41. The standard InChI is InChI=1S/C16H14BrNO3/c1-11(21-16(20)12-5-3-2-4-6-12)15(19)18-14-9-7-13(17)8-10-14/h2-11H,1H3,(H,18,19)/t11-/m1/s1. The predicted octanol–water partition coefficient (Wildman–Crippen LogP) is 3.63. The Balaban J connectivity index is 1.93. The van der Waals surface area contributed by atoms with Gasteiger partial charge >= 0.3 is 5.97 Å². The molecule has 0 aliphatic heterocycles. The molecule has 0 spiro atoms. The van der Waals surface area contributed by atoms with E-state index in [1.54, 1.807) is 42.5 Å². The molecule has 2 aromatic carbocycles. The molecule has 0 aliphatic carbocycles. The summed E-state index contributed by atoms with van der Waals surface area (Å²) in [5, 5.41) is 2.69. The van der Waals surface area contributed by atoms with Crippen LogP contribution in [0.4, 0.5) is 5.69 Å². The number of esters is 1. The van der Waals surface area contributed by atoms with Crippen LogP contribution in [-0.2, 0) is 9.53 Å². The smallest absolute Gasteiger partial charge is 0.338 e. The van der Waals surface area contributed by atoms with Crippen molar-refractivity contribution in [2.24, 2.45) is 0 Å². The van der Waals surface area contributed by atoms with Gasteiger partial charge in [0.25, 0.3) is 5.91 Å². The number of nitrogens with one attached hydrogen (secondary N) is 1. The molecule has 108 valence electrons. The number of carbonyl (C=O) groups is 2. The lowest BCUT2D eigenvalue weighted by molar-refractivity contribution is -0.123. The third-order valence-corrected chi connectivity index (χ3v) is 3.30. The van der Waals surface area contributed by atoms with E-state index in [1.165, 1.54) is 6.92 Å². The lowest BCUT2D eigenvalue weighted by atomic mass is 10.2. The zero-order chi connectivity index (χ0) is 15.2. The number of amides is 1. The van der Waals surface area contributed by atoms with Crippen molar-refractivity contribution in [2.75, 3.05) is 5.32 Å². The number of carbonyl (C=O) groups excluding carboxylic acids is 2. The first-order valence-corrected chi connectivity index (χ1v) is 7.18. The van der Waals surface area contributed by atoms with E-state index in [0.29, 0.717) is 11.3 Å². The van der Waals surface area contributed by atoms with Crippen LogP contribution in [0.1, 0.15) is 17.3 Å². The Morgan fingerprint density at radius 2 is 1.67 bits per heavy atom. The quantitative estimate of drug-likeness (QED) is 0.859. The molecule has 0 heterocycles. The number of anilines is 1. The highest BCUT2D eigenvalue weighted by atomic mass is 79.9. The number of benzene rings is 2. The van der Waals surface area contributed by atoms with Crippen LogP contribution in [0.2, 0.25) is 0 Å². The van der Waals surface area contributed by atoms with Gasteiger partial charge in [-0.3, -0.25) is 4.79 Å². The maximum atomic E-state index is 12.0. The monoisotopic (exact) mass is 347 g/mol. The molecule has 0 saturated carbocycles. The van der Waals surface area contributed by atoms with Crippen LogP contribution < -0.4 is 5.32 Å². The summed E-state index contributed by atoms with van der Waals surface area (Å²) < 4.78 is 6.05. The fourth-order valence-corrected chi connectivity index (χ4v) is 1.90. The van der Waals surface area contributed by atoms with E-state index in [9.17, 15) is 9.59 Å². The summed E-state index contributed by atoms with van der Waals surface area (Å²) in [5.41, 5.74) is 1.06. The summed E-state index contributed by atoms with van der Waals surface area (Å²) in [7, 11) is 0. The zero-order valence-electron chi connectivity index (χ0n) is 11.4. The molecule has 0 aromatic heterocycles. The Morgan fingerprint density at radius 1 is 1.05 bits per heavy atom. The molecule has 0 unspecified atom stereocenters. The Kier molecular flexibility index (Phi) is 5.11. The summed E-state index contributed by atoms with van der Waals surface area (Å²) in [4.78, 5) is 23.8. The van der Waals surface area contributed by atoms with Gasteiger partial charge in [0.15, 0.2) is 6.10 Å². The van der Waals surface area contributed by atoms with Gasteiger partial charge in [0.05, 0.1) is 5.56 Å². The molecule has 1 atom stereocenters. The Hall–Kier alpha value is -2.14. The predicted molar refractivity (Wildman–Crippen MR) is 84.1 cm³/mol. The third kappa shape index (κ3) is 4.43. The maximum Gasteiger partial charge on any atom is 0.338 e. The van der Waals surface area contributed by atoms with Crippen molar-refractivity contribution in [1.29, 1.82) is 0 Å². The van der Waals surface area contributed by atoms with Crippen molar-refractivity contribution in [3.63, 3.8) is 0 Å². The Labute approximate surface area is 131 Å². The molecule has 0 saturated heterocycles. The van der Waals surface area contributed by atoms with Crippen LogP contribution >= 0.6 is 15.9 Å². The highest BCUT2D eigenvalue weighted by Gasteiger charge is 2.18. The molecule has 5 heteroatoms. The normalized spacial score (nSPS) is 11.5. The molecular formula is C16H14BrNO3. The molecule has 1 amide bonds. The first kappa shape index (κ1) is 15.3. The number of rotatable bonds is 4. The molecule has 1 N–H and O–H groups in total. The molecule has 0 aliphatic rings. The minimum Gasteiger partial charge on any atom is -0.449 e. The van der Waals surface area contributed by atoms with Gasteiger partial charge in [-0.25, -0.2) is 4.79 Å². The van der Waals surface area contributed by atoms with Crippen LogP contribution in [0.5, 0.6) is 0 Å². The topological polar surface area (TPSA) is 55.4 Å². The van der Waals surface area contributed by atoms with Crippen LogP contribution in [0.25, 0.3) is 0 Å². The third-order valence-electron chi connectivity index (χ3n) is 2.77. The molecule has 0 radical (unpaired) electrons. The summed E-state index contributed by atoms with van der Waals surface area (Å²) in [5.74, 6) is -0.893. The number of hydrogen-bond donors (Lipinski definition) is 1. The first-order valence-electron chi connectivity index (χ1n) is 6.39. The number of ether oxygens (including phenoxy) is 1. The van der Waals surface area contributed by atoms with E-state index in [0.717, 1.165) is 4.47 Å². The molecule has 21 heavy (non-hydrogen) atoms. The summed E-state index contributed by atoms with van der Waals surface area (Å²) in [6, 6.07) is 15.7. The van der Waals surface area contributed by atoms with Crippen molar-refractivity contribution in [3.8, 4) is 0 Å². The van der Waals surface area contributed by atoms with E-state index in [-0.39, 0.29) is 5.91 Å². The maximum absolute atomic E-state index is 12.0. The molecule has 0 fully saturated rings. The first-order chi connectivity index (χ1) is 10.1. The summed E-state index contributed by atoms with van der Waals surface area (Å²) >= 11 is 3.32. The van der Waals surface area contributed by atoms with Crippen molar-refractivity contribution in [2.45, 2.75) is 13.0 Å². The fraction of sp³-hybridized carbons (Fsp3) is 0.125. The average Bonchev–Trinajstić information content (AvgIpc) is 2.50. The van der Waals surface area contributed by atoms with E-state index < -0.39 is 12.1 Å².